The first-order valence-electron chi connectivity index (χ1n) is 16.4. The highest BCUT2D eigenvalue weighted by atomic mass is 32.2. The van der Waals surface area contributed by atoms with E-state index in [1.165, 1.54) is 0 Å². The lowest BCUT2D eigenvalue weighted by molar-refractivity contribution is 0.595. The number of nitrogens with zero attached hydrogens (tertiary/aromatic N) is 3. The molecule has 0 atom stereocenters. The van der Waals surface area contributed by atoms with Gasteiger partial charge in [-0.05, 0) is 89.2 Å². The Labute approximate surface area is 285 Å². The molecular weight excluding hydrogens is 621 g/mol. The molecule has 0 N–H and O–H groups in total. The zero-order chi connectivity index (χ0) is 32.7. The summed E-state index contributed by atoms with van der Waals surface area (Å²) in [4.78, 5) is 7.50. The van der Waals surface area contributed by atoms with E-state index >= 15 is 0 Å². The van der Waals surface area contributed by atoms with Gasteiger partial charge in [-0.25, -0.2) is 8.42 Å². The maximum Gasteiger partial charge on any atom is 0.252 e. The van der Waals surface area contributed by atoms with Crippen molar-refractivity contribution in [1.29, 1.82) is 0 Å². The molecule has 0 unspecified atom stereocenters. The van der Waals surface area contributed by atoms with Crippen LogP contribution in [0.4, 0.5) is 51.2 Å². The molecule has 5 nitrogen and oxygen atoms in total. The molecule has 0 bridgehead atoms. The summed E-state index contributed by atoms with van der Waals surface area (Å²) in [5.74, 6) is 0. The Morgan fingerprint density at radius 3 is 1.67 bits per heavy atom. The monoisotopic (exact) mass is 649 g/mol. The first kappa shape index (κ1) is 28.0. The van der Waals surface area contributed by atoms with Crippen LogP contribution in [0, 0.1) is 0 Å². The van der Waals surface area contributed by atoms with Crippen LogP contribution in [0.2, 0.25) is 0 Å². The molecule has 0 amide bonds. The highest BCUT2D eigenvalue weighted by Crippen LogP contribution is 2.52. The third kappa shape index (κ3) is 3.97. The minimum absolute atomic E-state index is 0.177. The standard InChI is InChI=1S/C42H28BN3O2S/c47-49(48)39-25-13-12-24-36(39)46-38-28-32(44(29-15-4-1-5-16-29)30-17-6-2-7-18-30)27-37-41(38)43(34-22-14-26-40(49)42(34)46)33-21-10-11-23-35(33)45(37)31-19-8-3-9-20-31/h1-28H. The fraction of sp³-hybridized carbons (Fsp3) is 0. The molecule has 0 saturated carbocycles. The van der Waals surface area contributed by atoms with Crippen LogP contribution in [0.25, 0.3) is 0 Å². The van der Waals surface area contributed by atoms with Crippen molar-refractivity contribution in [3.8, 4) is 0 Å². The Morgan fingerprint density at radius 2 is 0.980 bits per heavy atom. The van der Waals surface area contributed by atoms with Crippen LogP contribution in [0.3, 0.4) is 0 Å². The number of para-hydroxylation sites is 6. The quantitative estimate of drug-likeness (QED) is 0.179. The van der Waals surface area contributed by atoms with Crippen molar-refractivity contribution in [3.63, 3.8) is 0 Å². The second-order valence-electron chi connectivity index (χ2n) is 12.6. The molecule has 7 aromatic rings. The summed E-state index contributed by atoms with van der Waals surface area (Å²) in [6.07, 6.45) is 0. The molecule has 0 fully saturated rings. The topological polar surface area (TPSA) is 43.9 Å². The number of anilines is 9. The van der Waals surface area contributed by atoms with Crippen molar-refractivity contribution in [2.75, 3.05) is 14.7 Å². The van der Waals surface area contributed by atoms with Crippen LogP contribution < -0.4 is 31.1 Å². The van der Waals surface area contributed by atoms with Gasteiger partial charge in [0.2, 0.25) is 9.84 Å². The van der Waals surface area contributed by atoms with Crippen LogP contribution in [-0.2, 0) is 9.84 Å². The van der Waals surface area contributed by atoms with Gasteiger partial charge in [0.25, 0.3) is 6.71 Å². The average Bonchev–Trinajstić information content (AvgIpc) is 3.15. The number of fused-ring (bicyclic) bond motifs is 6. The number of sulfone groups is 1. The molecule has 0 spiro atoms. The maximum absolute atomic E-state index is 14.3. The average molecular weight is 650 g/mol. The lowest BCUT2D eigenvalue weighted by Gasteiger charge is -2.46. The highest BCUT2D eigenvalue weighted by molar-refractivity contribution is 7.92. The van der Waals surface area contributed by atoms with E-state index in [1.54, 1.807) is 12.1 Å². The molecule has 3 aliphatic rings. The summed E-state index contributed by atoms with van der Waals surface area (Å²) in [6, 6.07) is 57.6. The third-order valence-electron chi connectivity index (χ3n) is 9.93. The fourth-order valence-electron chi connectivity index (χ4n) is 7.99. The summed E-state index contributed by atoms with van der Waals surface area (Å²) < 4.78 is 28.6. The summed E-state index contributed by atoms with van der Waals surface area (Å²) in [6.45, 7) is -0.177. The van der Waals surface area contributed by atoms with Crippen LogP contribution in [0.1, 0.15) is 0 Å². The summed E-state index contributed by atoms with van der Waals surface area (Å²) in [5, 5.41) is 0. The third-order valence-corrected chi connectivity index (χ3v) is 11.8. The number of rotatable bonds is 4. The van der Waals surface area contributed by atoms with Crippen molar-refractivity contribution >= 4 is 84.1 Å². The van der Waals surface area contributed by atoms with E-state index in [4.69, 9.17) is 0 Å². The zero-order valence-corrected chi connectivity index (χ0v) is 27.1. The molecule has 7 aromatic carbocycles. The van der Waals surface area contributed by atoms with Crippen molar-refractivity contribution < 1.29 is 8.42 Å². The van der Waals surface area contributed by atoms with Gasteiger partial charge in [0.05, 0.1) is 26.9 Å². The minimum atomic E-state index is -3.77. The molecular formula is C42H28BN3O2S. The molecule has 49 heavy (non-hydrogen) atoms. The van der Waals surface area contributed by atoms with Gasteiger partial charge >= 0.3 is 0 Å². The zero-order valence-electron chi connectivity index (χ0n) is 26.3. The summed E-state index contributed by atoms with van der Waals surface area (Å²) >= 11 is 0. The van der Waals surface area contributed by atoms with Gasteiger partial charge in [-0.2, -0.15) is 0 Å². The number of hydrogen-bond donors (Lipinski definition) is 0. The maximum atomic E-state index is 14.3. The lowest BCUT2D eigenvalue weighted by Crippen LogP contribution is -2.62. The van der Waals surface area contributed by atoms with E-state index in [0.29, 0.717) is 15.5 Å². The Kier molecular flexibility index (Phi) is 5.99. The molecule has 232 valence electrons. The molecule has 10 rings (SSSR count). The smallest absolute Gasteiger partial charge is 0.252 e. The van der Waals surface area contributed by atoms with Crippen molar-refractivity contribution in [2.24, 2.45) is 0 Å². The highest BCUT2D eigenvalue weighted by Gasteiger charge is 2.48. The van der Waals surface area contributed by atoms with Crippen LogP contribution in [0.5, 0.6) is 0 Å². The van der Waals surface area contributed by atoms with Crippen LogP contribution in [-0.4, -0.2) is 15.1 Å². The van der Waals surface area contributed by atoms with Gasteiger partial charge in [-0.3, -0.25) is 0 Å². The molecule has 0 aliphatic carbocycles. The van der Waals surface area contributed by atoms with E-state index in [2.05, 4.69) is 130 Å². The Morgan fingerprint density at radius 1 is 0.449 bits per heavy atom. The van der Waals surface area contributed by atoms with Crippen molar-refractivity contribution in [2.45, 2.75) is 9.79 Å². The second kappa shape index (κ2) is 10.5. The van der Waals surface area contributed by atoms with Gasteiger partial charge in [0.15, 0.2) is 0 Å². The summed E-state index contributed by atoms with van der Waals surface area (Å²) in [7, 11) is -3.77. The normalized spacial score (nSPS) is 14.3. The Bertz CT molecular complexity index is 2500. The van der Waals surface area contributed by atoms with Crippen LogP contribution in [0.15, 0.2) is 180 Å². The van der Waals surface area contributed by atoms with E-state index in [1.807, 2.05) is 42.5 Å². The SMILES string of the molecule is O=S1(=O)c2ccccc2N2c3cc(N(c4ccccc4)c4ccccc4)cc4c3B(c3ccccc3N4c3ccccc3)c3cccc1c32. The Hall–Kier alpha value is -6.05. The van der Waals surface area contributed by atoms with E-state index < -0.39 is 9.84 Å². The van der Waals surface area contributed by atoms with Crippen molar-refractivity contribution in [1.82, 2.24) is 0 Å². The number of benzene rings is 7. The molecule has 0 radical (unpaired) electrons. The van der Waals surface area contributed by atoms with Crippen LogP contribution >= 0.6 is 0 Å². The van der Waals surface area contributed by atoms with Gasteiger partial charge in [-0.15, -0.1) is 0 Å². The fourth-order valence-corrected chi connectivity index (χ4v) is 9.64. The number of hydrogen-bond acceptors (Lipinski definition) is 5. The molecule has 0 saturated heterocycles. The molecule has 3 aliphatic heterocycles. The van der Waals surface area contributed by atoms with E-state index in [9.17, 15) is 8.42 Å². The van der Waals surface area contributed by atoms with Gasteiger partial charge in [-0.1, -0.05) is 97.1 Å². The predicted molar refractivity (Wildman–Crippen MR) is 201 cm³/mol. The van der Waals surface area contributed by atoms with Gasteiger partial charge in [0.1, 0.15) is 0 Å². The first-order chi connectivity index (χ1) is 24.1. The first-order valence-corrected chi connectivity index (χ1v) is 17.9. The van der Waals surface area contributed by atoms with Crippen molar-refractivity contribution in [3.05, 3.63) is 170 Å². The summed E-state index contributed by atoms with van der Waals surface area (Å²) in [5.41, 5.74) is 11.8. The lowest BCUT2D eigenvalue weighted by atomic mass is 9.33. The molecule has 0 aromatic heterocycles. The minimum Gasteiger partial charge on any atom is -0.311 e. The van der Waals surface area contributed by atoms with E-state index in [0.717, 1.165) is 61.9 Å². The van der Waals surface area contributed by atoms with E-state index in [-0.39, 0.29) is 6.71 Å². The largest absolute Gasteiger partial charge is 0.311 e. The van der Waals surface area contributed by atoms with Gasteiger partial charge in [0, 0.05) is 34.1 Å². The van der Waals surface area contributed by atoms with Gasteiger partial charge < -0.3 is 14.7 Å². The predicted octanol–water partition coefficient (Wildman–Crippen LogP) is 8.39. The molecule has 3 heterocycles. The molecule has 7 heteroatoms. The Balaban J connectivity index is 1.36. The second-order valence-corrected chi connectivity index (χ2v) is 14.5.